The molecule has 0 bridgehead atoms. The van der Waals surface area contributed by atoms with E-state index in [1.807, 2.05) is 30.3 Å². The molecule has 0 unspecified atom stereocenters. The van der Waals surface area contributed by atoms with E-state index in [2.05, 4.69) is 16.2 Å². The van der Waals surface area contributed by atoms with Gasteiger partial charge in [0.1, 0.15) is 0 Å². The molecule has 1 aromatic heterocycles. The zero-order valence-electron chi connectivity index (χ0n) is 15.9. The van der Waals surface area contributed by atoms with Gasteiger partial charge in [0.05, 0.1) is 30.4 Å². The molecular formula is C22H21N3O3. The SMILES string of the molecule is COc1ccc(-c2ccc(C#N)c(-c3nc(C)no3)c2)cc1OC1CCCC1. The molecule has 0 spiro atoms. The number of nitriles is 1. The monoisotopic (exact) mass is 375 g/mol. The molecule has 4 rings (SSSR count). The highest BCUT2D eigenvalue weighted by atomic mass is 16.5. The Morgan fingerprint density at radius 2 is 1.82 bits per heavy atom. The van der Waals surface area contributed by atoms with Crippen LogP contribution in [0.2, 0.25) is 0 Å². The largest absolute Gasteiger partial charge is 0.493 e. The summed E-state index contributed by atoms with van der Waals surface area (Å²) in [5, 5.41) is 13.3. The molecule has 0 saturated heterocycles. The van der Waals surface area contributed by atoms with E-state index in [9.17, 15) is 5.26 Å². The Bertz CT molecular complexity index is 1030. The number of ether oxygens (including phenoxy) is 2. The van der Waals surface area contributed by atoms with E-state index < -0.39 is 0 Å². The van der Waals surface area contributed by atoms with Crippen LogP contribution in [0.1, 0.15) is 37.1 Å². The fraction of sp³-hybridized carbons (Fsp3) is 0.318. The minimum atomic E-state index is 0.238. The molecule has 0 radical (unpaired) electrons. The van der Waals surface area contributed by atoms with E-state index in [1.54, 1.807) is 20.1 Å². The lowest BCUT2D eigenvalue weighted by Gasteiger charge is -2.17. The van der Waals surface area contributed by atoms with Crippen LogP contribution in [0.5, 0.6) is 11.5 Å². The van der Waals surface area contributed by atoms with Crippen molar-refractivity contribution in [1.29, 1.82) is 5.26 Å². The van der Waals surface area contributed by atoms with Gasteiger partial charge in [-0.2, -0.15) is 10.2 Å². The number of benzene rings is 2. The highest BCUT2D eigenvalue weighted by molar-refractivity contribution is 5.75. The van der Waals surface area contributed by atoms with Crippen molar-refractivity contribution in [3.63, 3.8) is 0 Å². The van der Waals surface area contributed by atoms with Crippen LogP contribution in [0.25, 0.3) is 22.6 Å². The molecular weight excluding hydrogens is 354 g/mol. The van der Waals surface area contributed by atoms with E-state index in [0.717, 1.165) is 35.5 Å². The number of methoxy groups -OCH3 is 1. The Balaban J connectivity index is 1.73. The number of aryl methyl sites for hydroxylation is 1. The average Bonchev–Trinajstić information content (AvgIpc) is 3.39. The molecule has 6 nitrogen and oxygen atoms in total. The van der Waals surface area contributed by atoms with Gasteiger partial charge in [0.2, 0.25) is 0 Å². The Morgan fingerprint density at radius 1 is 1.07 bits per heavy atom. The van der Waals surface area contributed by atoms with Gasteiger partial charge >= 0.3 is 0 Å². The van der Waals surface area contributed by atoms with Crippen molar-refractivity contribution in [3.8, 4) is 40.1 Å². The quantitative estimate of drug-likeness (QED) is 0.630. The summed E-state index contributed by atoms with van der Waals surface area (Å²) in [6.45, 7) is 1.75. The van der Waals surface area contributed by atoms with Gasteiger partial charge in [-0.1, -0.05) is 17.3 Å². The summed E-state index contributed by atoms with van der Waals surface area (Å²) in [7, 11) is 1.65. The first-order chi connectivity index (χ1) is 13.7. The van der Waals surface area contributed by atoms with Gasteiger partial charge in [-0.05, 0) is 68.0 Å². The normalized spacial score (nSPS) is 14.0. The topological polar surface area (TPSA) is 81.2 Å². The standard InChI is InChI=1S/C22H21N3O3/c1-14-24-22(28-25-14)19-11-15(7-8-17(19)13-23)16-9-10-20(26-2)21(12-16)27-18-5-3-4-6-18/h7-12,18H,3-6H2,1-2H3. The van der Waals surface area contributed by atoms with Gasteiger partial charge in [-0.15, -0.1) is 0 Å². The molecule has 1 fully saturated rings. The van der Waals surface area contributed by atoms with Crippen molar-refractivity contribution in [2.24, 2.45) is 0 Å². The molecule has 3 aromatic rings. The fourth-order valence-electron chi connectivity index (χ4n) is 3.54. The first kappa shape index (κ1) is 18.1. The van der Waals surface area contributed by atoms with E-state index in [1.165, 1.54) is 12.8 Å². The Morgan fingerprint density at radius 3 is 2.50 bits per heavy atom. The minimum Gasteiger partial charge on any atom is -0.493 e. The van der Waals surface area contributed by atoms with Crippen LogP contribution in [-0.2, 0) is 0 Å². The first-order valence-electron chi connectivity index (χ1n) is 9.38. The van der Waals surface area contributed by atoms with E-state index in [-0.39, 0.29) is 6.10 Å². The minimum absolute atomic E-state index is 0.238. The van der Waals surface area contributed by atoms with Gasteiger partial charge < -0.3 is 14.0 Å². The molecule has 1 heterocycles. The molecule has 0 N–H and O–H groups in total. The third-order valence-electron chi connectivity index (χ3n) is 4.99. The van der Waals surface area contributed by atoms with E-state index in [4.69, 9.17) is 14.0 Å². The van der Waals surface area contributed by atoms with Crippen molar-refractivity contribution in [2.75, 3.05) is 7.11 Å². The molecule has 1 aliphatic rings. The van der Waals surface area contributed by atoms with Crippen molar-refractivity contribution in [3.05, 3.63) is 47.8 Å². The summed E-state index contributed by atoms with van der Waals surface area (Å²) in [6, 6.07) is 13.6. The zero-order valence-corrected chi connectivity index (χ0v) is 15.9. The third kappa shape index (κ3) is 3.56. The van der Waals surface area contributed by atoms with Gasteiger partial charge in [0.15, 0.2) is 17.3 Å². The molecule has 142 valence electrons. The second-order valence-electron chi connectivity index (χ2n) is 6.91. The zero-order chi connectivity index (χ0) is 19.5. The molecule has 28 heavy (non-hydrogen) atoms. The maximum Gasteiger partial charge on any atom is 0.259 e. The second kappa shape index (κ2) is 7.73. The van der Waals surface area contributed by atoms with Crippen LogP contribution < -0.4 is 9.47 Å². The van der Waals surface area contributed by atoms with Gasteiger partial charge in [-0.25, -0.2) is 0 Å². The van der Waals surface area contributed by atoms with Crippen LogP contribution >= 0.6 is 0 Å². The number of rotatable bonds is 5. The van der Waals surface area contributed by atoms with Crippen LogP contribution in [-0.4, -0.2) is 23.4 Å². The third-order valence-corrected chi connectivity index (χ3v) is 4.99. The molecule has 1 saturated carbocycles. The lowest BCUT2D eigenvalue weighted by molar-refractivity contribution is 0.201. The summed E-state index contributed by atoms with van der Waals surface area (Å²) in [4.78, 5) is 4.26. The maximum absolute atomic E-state index is 9.44. The molecule has 0 amide bonds. The van der Waals surface area contributed by atoms with E-state index in [0.29, 0.717) is 22.8 Å². The number of nitrogens with zero attached hydrogens (tertiary/aromatic N) is 3. The van der Waals surface area contributed by atoms with Gasteiger partial charge in [-0.3, -0.25) is 0 Å². The molecule has 6 heteroatoms. The summed E-state index contributed by atoms with van der Waals surface area (Å²) in [6.07, 6.45) is 4.79. The lowest BCUT2D eigenvalue weighted by Crippen LogP contribution is -2.11. The van der Waals surface area contributed by atoms with Gasteiger partial charge in [0.25, 0.3) is 5.89 Å². The number of hydrogen-bond acceptors (Lipinski definition) is 6. The highest BCUT2D eigenvalue weighted by Gasteiger charge is 2.19. The van der Waals surface area contributed by atoms with E-state index >= 15 is 0 Å². The summed E-state index contributed by atoms with van der Waals surface area (Å²) < 4.78 is 17.0. The van der Waals surface area contributed by atoms with Gasteiger partial charge in [0, 0.05) is 0 Å². The van der Waals surface area contributed by atoms with Crippen molar-refractivity contribution in [1.82, 2.24) is 10.1 Å². The van der Waals surface area contributed by atoms with Crippen molar-refractivity contribution < 1.29 is 14.0 Å². The Hall–Kier alpha value is -3.33. The fourth-order valence-corrected chi connectivity index (χ4v) is 3.54. The van der Waals surface area contributed by atoms with Crippen LogP contribution in [0.15, 0.2) is 40.9 Å². The number of hydrogen-bond donors (Lipinski definition) is 0. The predicted octanol–water partition coefficient (Wildman–Crippen LogP) is 4.91. The molecule has 0 atom stereocenters. The summed E-state index contributed by atoms with van der Waals surface area (Å²) in [5.41, 5.74) is 3.01. The predicted molar refractivity (Wildman–Crippen MR) is 104 cm³/mol. The van der Waals surface area contributed by atoms with Crippen LogP contribution in [0.3, 0.4) is 0 Å². The van der Waals surface area contributed by atoms with Crippen LogP contribution in [0.4, 0.5) is 0 Å². The number of aromatic nitrogens is 2. The Kier molecular flexibility index (Phi) is 4.98. The summed E-state index contributed by atoms with van der Waals surface area (Å²) in [5.74, 6) is 2.33. The highest BCUT2D eigenvalue weighted by Crippen LogP contribution is 2.36. The molecule has 2 aromatic carbocycles. The average molecular weight is 375 g/mol. The lowest BCUT2D eigenvalue weighted by atomic mass is 9.99. The van der Waals surface area contributed by atoms with Crippen molar-refractivity contribution in [2.45, 2.75) is 38.7 Å². The smallest absolute Gasteiger partial charge is 0.259 e. The van der Waals surface area contributed by atoms with Crippen LogP contribution in [0, 0.1) is 18.3 Å². The van der Waals surface area contributed by atoms with Crippen molar-refractivity contribution >= 4 is 0 Å². The molecule has 0 aliphatic heterocycles. The second-order valence-corrected chi connectivity index (χ2v) is 6.91. The maximum atomic E-state index is 9.44. The summed E-state index contributed by atoms with van der Waals surface area (Å²) >= 11 is 0. The Labute approximate surface area is 163 Å². The first-order valence-corrected chi connectivity index (χ1v) is 9.38. The molecule has 1 aliphatic carbocycles.